The number of amides is 1. The quantitative estimate of drug-likeness (QED) is 0.240. The minimum Gasteiger partial charge on any atom is -0.394 e. The minimum atomic E-state index is -4.94. The molecule has 1 aliphatic rings. The Labute approximate surface area is 162 Å². The Balaban J connectivity index is 0.000000537. The van der Waals surface area contributed by atoms with Gasteiger partial charge in [0.15, 0.2) is 17.4 Å². The first-order valence-corrected chi connectivity index (χ1v) is 9.60. The van der Waals surface area contributed by atoms with Crippen LogP contribution in [0.25, 0.3) is 11.2 Å². The number of aromatic nitrogens is 4. The van der Waals surface area contributed by atoms with E-state index in [4.69, 9.17) is 20.3 Å². The fraction of sp³-hybridized carbons (Fsp3) is 0.538. The number of phosphoric acid groups is 1. The Morgan fingerprint density at radius 1 is 1.52 bits per heavy atom. The van der Waals surface area contributed by atoms with Crippen molar-refractivity contribution in [3.05, 3.63) is 16.7 Å². The Morgan fingerprint density at radius 3 is 2.66 bits per heavy atom. The highest BCUT2D eigenvalue weighted by molar-refractivity contribution is 7.46. The van der Waals surface area contributed by atoms with Gasteiger partial charge in [-0.15, -0.1) is 0 Å². The van der Waals surface area contributed by atoms with Crippen molar-refractivity contribution in [3.63, 3.8) is 0 Å². The van der Waals surface area contributed by atoms with Crippen LogP contribution in [0, 0.1) is 0 Å². The Hall–Kier alpha value is -2.39. The molecule has 1 saturated heterocycles. The van der Waals surface area contributed by atoms with Gasteiger partial charge in [-0.25, -0.2) is 9.55 Å². The van der Waals surface area contributed by atoms with Crippen LogP contribution in [0.3, 0.4) is 0 Å². The van der Waals surface area contributed by atoms with Crippen molar-refractivity contribution in [2.24, 2.45) is 0 Å². The van der Waals surface area contributed by atoms with Crippen molar-refractivity contribution in [2.75, 3.05) is 19.4 Å². The summed E-state index contributed by atoms with van der Waals surface area (Å²) in [5.74, 6) is -0.187. The highest BCUT2D eigenvalue weighted by Gasteiger charge is 2.48. The van der Waals surface area contributed by atoms with E-state index >= 15 is 0 Å². The van der Waals surface area contributed by atoms with E-state index in [1.807, 2.05) is 0 Å². The molecular weight excluding hydrogens is 415 g/mol. The summed E-state index contributed by atoms with van der Waals surface area (Å²) in [6.45, 7) is 0.807. The number of H-pyrrole nitrogens is 1. The number of aromatic amines is 1. The molecule has 0 saturated carbocycles. The van der Waals surface area contributed by atoms with Crippen molar-refractivity contribution in [2.45, 2.75) is 31.5 Å². The zero-order valence-corrected chi connectivity index (χ0v) is 16.2. The van der Waals surface area contributed by atoms with Crippen LogP contribution in [0.4, 0.5) is 5.95 Å². The first kappa shape index (κ1) is 22.9. The summed E-state index contributed by atoms with van der Waals surface area (Å²) in [6.07, 6.45) is -4.40. The number of aliphatic hydroxyl groups excluding tert-OH is 2. The number of nitrogens with two attached hydrogens (primary N) is 1. The predicted molar refractivity (Wildman–Crippen MR) is 96.2 cm³/mol. The molecular formula is C13H21N6O9P. The third-order valence-electron chi connectivity index (χ3n) is 3.83. The molecule has 29 heavy (non-hydrogen) atoms. The van der Waals surface area contributed by atoms with Gasteiger partial charge in [0.25, 0.3) is 5.56 Å². The van der Waals surface area contributed by atoms with Crippen molar-refractivity contribution in [3.8, 4) is 0 Å². The number of hydrogen-bond donors (Lipinski definition) is 7. The SMILES string of the molecule is CNC(C)=O.Nc1nc2c(ncn2[C@@H]2O[C@H](CO)[C@@H](OP(=O)(O)O)[C@H]2O)c(=O)[nH]1. The van der Waals surface area contributed by atoms with Gasteiger partial charge < -0.3 is 35.8 Å². The van der Waals surface area contributed by atoms with Gasteiger partial charge in [-0.1, -0.05) is 0 Å². The topological polar surface area (TPSA) is 235 Å². The summed E-state index contributed by atoms with van der Waals surface area (Å²) < 4.78 is 22.0. The van der Waals surface area contributed by atoms with Crippen LogP contribution in [0.15, 0.2) is 11.1 Å². The first-order chi connectivity index (χ1) is 13.5. The lowest BCUT2D eigenvalue weighted by atomic mass is 10.1. The Kier molecular flexibility index (Phi) is 7.07. The van der Waals surface area contributed by atoms with Crippen LogP contribution < -0.4 is 16.6 Å². The largest absolute Gasteiger partial charge is 0.470 e. The van der Waals surface area contributed by atoms with Crippen molar-refractivity contribution in [1.29, 1.82) is 0 Å². The van der Waals surface area contributed by atoms with Gasteiger partial charge in [0.1, 0.15) is 18.3 Å². The van der Waals surface area contributed by atoms with Crippen molar-refractivity contribution in [1.82, 2.24) is 24.8 Å². The number of fused-ring (bicyclic) bond motifs is 1. The molecule has 1 fully saturated rings. The van der Waals surface area contributed by atoms with E-state index in [1.165, 1.54) is 6.92 Å². The molecule has 4 atom stereocenters. The third-order valence-corrected chi connectivity index (χ3v) is 4.34. The molecule has 1 aliphatic heterocycles. The summed E-state index contributed by atoms with van der Waals surface area (Å²) in [5.41, 5.74) is 4.79. The summed E-state index contributed by atoms with van der Waals surface area (Å²) in [7, 11) is -3.34. The molecule has 0 aromatic carbocycles. The van der Waals surface area contributed by atoms with E-state index in [0.717, 1.165) is 10.9 Å². The fourth-order valence-corrected chi connectivity index (χ4v) is 3.09. The number of phosphoric ester groups is 1. The molecule has 3 heterocycles. The lowest BCUT2D eigenvalue weighted by Crippen LogP contribution is -2.35. The van der Waals surface area contributed by atoms with Crippen LogP contribution in [0.1, 0.15) is 13.2 Å². The second kappa shape index (κ2) is 8.96. The Morgan fingerprint density at radius 2 is 2.14 bits per heavy atom. The molecule has 0 radical (unpaired) electrons. The molecule has 0 bridgehead atoms. The van der Waals surface area contributed by atoms with E-state index in [-0.39, 0.29) is 23.0 Å². The van der Waals surface area contributed by atoms with Crippen LogP contribution >= 0.6 is 7.82 Å². The molecule has 16 heteroatoms. The zero-order chi connectivity index (χ0) is 21.9. The monoisotopic (exact) mass is 436 g/mol. The molecule has 8 N–H and O–H groups in total. The maximum absolute atomic E-state index is 11.8. The van der Waals surface area contributed by atoms with Gasteiger partial charge in [-0.2, -0.15) is 4.98 Å². The number of nitrogens with one attached hydrogen (secondary N) is 2. The Bertz CT molecular complexity index is 971. The predicted octanol–water partition coefficient (Wildman–Crippen LogP) is -2.82. The number of carbonyl (C=O) groups excluding carboxylic acids is 1. The third kappa shape index (κ3) is 5.36. The summed E-state index contributed by atoms with van der Waals surface area (Å²) in [5, 5.41) is 22.0. The normalized spacial score (nSPS) is 24.2. The zero-order valence-electron chi connectivity index (χ0n) is 15.3. The highest BCUT2D eigenvalue weighted by Crippen LogP contribution is 2.44. The maximum Gasteiger partial charge on any atom is 0.470 e. The second-order valence-electron chi connectivity index (χ2n) is 5.88. The molecule has 2 aromatic heterocycles. The van der Waals surface area contributed by atoms with Crippen LogP contribution in [-0.4, -0.2) is 77.4 Å². The van der Waals surface area contributed by atoms with Gasteiger partial charge in [0, 0.05) is 14.0 Å². The molecule has 0 unspecified atom stereocenters. The number of nitrogen functional groups attached to an aromatic ring is 1. The number of imidazole rings is 1. The van der Waals surface area contributed by atoms with Gasteiger partial charge in [-0.3, -0.25) is 23.7 Å². The lowest BCUT2D eigenvalue weighted by Gasteiger charge is -2.20. The average Bonchev–Trinajstić information content (AvgIpc) is 3.16. The second-order valence-corrected chi connectivity index (χ2v) is 7.07. The highest BCUT2D eigenvalue weighted by atomic mass is 31.2. The fourth-order valence-electron chi connectivity index (χ4n) is 2.51. The molecule has 15 nitrogen and oxygen atoms in total. The molecule has 2 aromatic rings. The van der Waals surface area contributed by atoms with Gasteiger partial charge in [0.05, 0.1) is 12.9 Å². The number of rotatable bonds is 4. The molecule has 0 spiro atoms. The van der Waals surface area contributed by atoms with Crippen molar-refractivity contribution >= 4 is 30.8 Å². The lowest BCUT2D eigenvalue weighted by molar-refractivity contribution is -0.118. The number of ether oxygens (including phenoxy) is 1. The van der Waals surface area contributed by atoms with Gasteiger partial charge in [-0.05, 0) is 0 Å². The van der Waals surface area contributed by atoms with E-state index in [2.05, 4.69) is 24.8 Å². The first-order valence-electron chi connectivity index (χ1n) is 8.07. The molecule has 3 rings (SSSR count). The summed E-state index contributed by atoms with van der Waals surface area (Å²) in [4.78, 5) is 49.3. The van der Waals surface area contributed by atoms with E-state index in [9.17, 15) is 24.4 Å². The summed E-state index contributed by atoms with van der Waals surface area (Å²) in [6, 6.07) is 0. The number of hydrogen-bond acceptors (Lipinski definition) is 10. The minimum absolute atomic E-state index is 0.00463. The number of aliphatic hydroxyl groups is 2. The van der Waals surface area contributed by atoms with E-state index in [1.54, 1.807) is 7.05 Å². The molecule has 0 aliphatic carbocycles. The van der Waals surface area contributed by atoms with Crippen molar-refractivity contribution < 1.29 is 38.6 Å². The standard InChI is InChI=1S/C10H14N5O8P.C3H7NO/c11-10-13-7-4(8(18)14-10)12-2-15(7)9-5(17)6(3(1-16)22-9)23-24(19,20)21;1-3(5)4-2/h2-3,5-6,9,16-17H,1H2,(H2,19,20,21)(H3,11,13,14,18);1-2H3,(H,4,5)/t3-,5-,6-,9-;/m1./s1. The smallest absolute Gasteiger partial charge is 0.394 e. The van der Waals surface area contributed by atoms with E-state index < -0.39 is 44.5 Å². The maximum atomic E-state index is 11.8. The van der Waals surface area contributed by atoms with Crippen LogP contribution in [0.2, 0.25) is 0 Å². The molecule has 1 amide bonds. The molecule has 162 valence electrons. The van der Waals surface area contributed by atoms with Crippen LogP contribution in [-0.2, 0) is 18.6 Å². The van der Waals surface area contributed by atoms with Gasteiger partial charge in [0.2, 0.25) is 11.9 Å². The van der Waals surface area contributed by atoms with Gasteiger partial charge >= 0.3 is 7.82 Å². The average molecular weight is 436 g/mol. The van der Waals surface area contributed by atoms with Crippen LogP contribution in [0.5, 0.6) is 0 Å². The number of nitrogens with zero attached hydrogens (tertiary/aromatic N) is 3. The number of anilines is 1. The summed E-state index contributed by atoms with van der Waals surface area (Å²) >= 11 is 0. The number of carbonyl (C=O) groups is 1. The van der Waals surface area contributed by atoms with E-state index in [0.29, 0.717) is 0 Å².